The van der Waals surface area contributed by atoms with E-state index in [0.29, 0.717) is 6.42 Å². The quantitative estimate of drug-likeness (QED) is 0.678. The average molecular weight is 332 g/mol. The number of carboxylic acid groups (broad SMARTS) is 1. The van der Waals surface area contributed by atoms with Gasteiger partial charge < -0.3 is 10.0 Å². The van der Waals surface area contributed by atoms with E-state index in [0.717, 1.165) is 5.56 Å². The number of fused-ring (bicyclic) bond motifs is 1. The number of rotatable bonds is 4. The Morgan fingerprint density at radius 1 is 1.35 bits per heavy atom. The third-order valence-corrected chi connectivity index (χ3v) is 6.26. The second-order valence-electron chi connectivity index (χ2n) is 6.68. The topological polar surface area (TPSA) is 70.0 Å². The predicted octanol–water partition coefficient (Wildman–Crippen LogP) is 2.21. The molecule has 2 aliphatic heterocycles. The Bertz CT molecular complexity index is 674. The van der Waals surface area contributed by atoms with E-state index in [9.17, 15) is 14.7 Å². The highest BCUT2D eigenvalue weighted by Gasteiger charge is 2.69. The molecular weight excluding hydrogens is 312 g/mol. The van der Waals surface area contributed by atoms with E-state index < -0.39 is 22.3 Å². The van der Waals surface area contributed by atoms with Gasteiger partial charge >= 0.3 is 5.97 Å². The molecule has 2 fully saturated rings. The molecule has 1 aromatic rings. The number of carbonyl (C=O) groups excluding carboxylic acids is 1. The van der Waals surface area contributed by atoms with Crippen LogP contribution in [-0.2, 0) is 16.0 Å². The van der Waals surface area contributed by atoms with Crippen LogP contribution in [0, 0.1) is 0 Å². The van der Waals surface area contributed by atoms with E-state index in [2.05, 4.69) is 4.99 Å². The summed E-state index contributed by atoms with van der Waals surface area (Å²) in [6, 6.07) is 9.12. The number of hydrogen-bond acceptors (Lipinski definition) is 4. The van der Waals surface area contributed by atoms with Crippen LogP contribution in [0.4, 0.5) is 0 Å². The molecule has 0 spiro atoms. The monoisotopic (exact) mass is 332 g/mol. The molecule has 0 unspecified atom stereocenters. The summed E-state index contributed by atoms with van der Waals surface area (Å²) in [7, 11) is 0. The van der Waals surface area contributed by atoms with Crippen molar-refractivity contribution < 1.29 is 14.7 Å². The van der Waals surface area contributed by atoms with Gasteiger partial charge in [0.25, 0.3) is 5.91 Å². The second kappa shape index (κ2) is 5.37. The summed E-state index contributed by atoms with van der Waals surface area (Å²) in [5.74, 6) is -1.15. The molecule has 3 rings (SSSR count). The molecular formula is C17H20N2O3S. The molecule has 5 nitrogen and oxygen atoms in total. The van der Waals surface area contributed by atoms with E-state index >= 15 is 0 Å². The first-order chi connectivity index (χ1) is 10.8. The van der Waals surface area contributed by atoms with Crippen molar-refractivity contribution in [2.75, 3.05) is 0 Å². The number of nitrogens with zero attached hydrogens (tertiary/aromatic N) is 2. The van der Waals surface area contributed by atoms with Crippen LogP contribution in [0.3, 0.4) is 0 Å². The maximum atomic E-state index is 12.5. The lowest BCUT2D eigenvalue weighted by Crippen LogP contribution is -2.71. The van der Waals surface area contributed by atoms with Gasteiger partial charge in [-0.3, -0.25) is 9.79 Å². The van der Waals surface area contributed by atoms with Crippen molar-refractivity contribution in [1.29, 1.82) is 0 Å². The van der Waals surface area contributed by atoms with Crippen LogP contribution in [-0.4, -0.2) is 49.8 Å². The Morgan fingerprint density at radius 3 is 2.61 bits per heavy atom. The van der Waals surface area contributed by atoms with Gasteiger partial charge in [-0.25, -0.2) is 4.79 Å². The van der Waals surface area contributed by atoms with Crippen LogP contribution in [0.5, 0.6) is 0 Å². The van der Waals surface area contributed by atoms with Crippen molar-refractivity contribution in [2.24, 2.45) is 4.99 Å². The molecule has 23 heavy (non-hydrogen) atoms. The molecule has 0 aromatic heterocycles. The van der Waals surface area contributed by atoms with Gasteiger partial charge in [0, 0.05) is 17.4 Å². The van der Waals surface area contributed by atoms with Gasteiger partial charge in [-0.2, -0.15) is 0 Å². The molecule has 122 valence electrons. The number of aliphatic carboxylic acids is 1. The molecule has 1 aromatic carbocycles. The van der Waals surface area contributed by atoms with E-state index in [-0.39, 0.29) is 11.3 Å². The highest BCUT2D eigenvalue weighted by molar-refractivity contribution is 8.01. The third-order valence-electron chi connectivity index (χ3n) is 4.52. The largest absolute Gasteiger partial charge is 0.480 e. The minimum absolute atomic E-state index is 0.197. The molecule has 1 amide bonds. The molecule has 0 bridgehead atoms. The molecule has 2 saturated heterocycles. The lowest BCUT2D eigenvalue weighted by atomic mass is 9.87. The van der Waals surface area contributed by atoms with Crippen LogP contribution in [0.25, 0.3) is 0 Å². The summed E-state index contributed by atoms with van der Waals surface area (Å²) in [6.45, 7) is 5.54. The molecule has 3 atom stereocenters. The fraction of sp³-hybridized carbons (Fsp3) is 0.471. The molecule has 1 N–H and O–H groups in total. The number of benzene rings is 1. The Morgan fingerprint density at radius 2 is 2.00 bits per heavy atom. The molecule has 2 heterocycles. The number of β-lactam (4-membered cyclic amide) rings is 1. The van der Waals surface area contributed by atoms with Gasteiger partial charge in [0.05, 0.1) is 0 Å². The van der Waals surface area contributed by atoms with E-state index in [1.165, 1.54) is 16.7 Å². The molecule has 6 heteroatoms. The summed E-state index contributed by atoms with van der Waals surface area (Å²) in [6.07, 6.45) is 2.43. The third kappa shape index (κ3) is 2.45. The van der Waals surface area contributed by atoms with Crippen molar-refractivity contribution in [3.63, 3.8) is 0 Å². The van der Waals surface area contributed by atoms with Gasteiger partial charge in [0.15, 0.2) is 5.54 Å². The van der Waals surface area contributed by atoms with Crippen molar-refractivity contribution in [3.05, 3.63) is 35.9 Å². The summed E-state index contributed by atoms with van der Waals surface area (Å²) in [5.41, 5.74) is 0.271. The standard InChI is InChI=1S/C17H20N2O3S/c1-16(2)12(13(20)21)19-14(22)17(3,15(19)23-16)18-10-9-11-7-5-4-6-8-11/h4-8,10,12,15H,9H2,1-3H3,(H,20,21)/t12-,15+,17-/m0/s1. The van der Waals surface area contributed by atoms with Gasteiger partial charge in [-0.15, -0.1) is 11.8 Å². The first-order valence-electron chi connectivity index (χ1n) is 7.58. The molecule has 2 aliphatic rings. The second-order valence-corrected chi connectivity index (χ2v) is 8.41. The van der Waals surface area contributed by atoms with Crippen LogP contribution < -0.4 is 0 Å². The Balaban J connectivity index is 1.77. The molecule has 0 saturated carbocycles. The fourth-order valence-corrected chi connectivity index (χ4v) is 4.92. The molecule has 0 aliphatic carbocycles. The number of hydrogen-bond donors (Lipinski definition) is 1. The number of aliphatic imine (C=N–C) groups is 1. The first kappa shape index (κ1) is 16.1. The summed E-state index contributed by atoms with van der Waals surface area (Å²) >= 11 is 1.52. The SMILES string of the molecule is CC1(C)S[C@H]2N(C(=O)[C@]2(C)N=CCc2ccccc2)[C@H]1C(=O)O. The van der Waals surface area contributed by atoms with E-state index in [1.807, 2.05) is 44.2 Å². The summed E-state index contributed by atoms with van der Waals surface area (Å²) < 4.78 is -0.515. The highest BCUT2D eigenvalue weighted by Crippen LogP contribution is 2.55. The maximum Gasteiger partial charge on any atom is 0.327 e. The van der Waals surface area contributed by atoms with Gasteiger partial charge in [0.2, 0.25) is 0 Å². The zero-order valence-corrected chi connectivity index (χ0v) is 14.2. The number of carboxylic acids is 1. The van der Waals surface area contributed by atoms with Gasteiger partial charge in [-0.1, -0.05) is 30.3 Å². The van der Waals surface area contributed by atoms with E-state index in [1.54, 1.807) is 13.1 Å². The Kier molecular flexibility index (Phi) is 3.75. The van der Waals surface area contributed by atoms with Gasteiger partial charge in [-0.05, 0) is 26.3 Å². The minimum Gasteiger partial charge on any atom is -0.480 e. The molecule has 0 radical (unpaired) electrons. The zero-order chi connectivity index (χ0) is 16.8. The number of thioether (sulfide) groups is 1. The van der Waals surface area contributed by atoms with Crippen LogP contribution in [0.2, 0.25) is 0 Å². The normalized spacial score (nSPS) is 32.0. The Labute approximate surface area is 139 Å². The zero-order valence-electron chi connectivity index (χ0n) is 13.4. The smallest absolute Gasteiger partial charge is 0.327 e. The Hall–Kier alpha value is -1.82. The van der Waals surface area contributed by atoms with Crippen LogP contribution >= 0.6 is 11.8 Å². The average Bonchev–Trinajstić information content (AvgIpc) is 2.78. The predicted molar refractivity (Wildman–Crippen MR) is 90.8 cm³/mol. The number of carbonyl (C=O) groups is 2. The number of amides is 1. The first-order valence-corrected chi connectivity index (χ1v) is 8.46. The van der Waals surface area contributed by atoms with Crippen molar-refractivity contribution >= 4 is 29.9 Å². The minimum atomic E-state index is -0.950. The highest BCUT2D eigenvalue weighted by atomic mass is 32.2. The lowest BCUT2D eigenvalue weighted by molar-refractivity contribution is -0.164. The lowest BCUT2D eigenvalue weighted by Gasteiger charge is -2.48. The van der Waals surface area contributed by atoms with Gasteiger partial charge in [0.1, 0.15) is 11.4 Å². The van der Waals surface area contributed by atoms with E-state index in [4.69, 9.17) is 0 Å². The fourth-order valence-electron chi connectivity index (χ4n) is 3.28. The summed E-state index contributed by atoms with van der Waals surface area (Å²) in [5, 5.41) is 9.23. The van der Waals surface area contributed by atoms with Crippen molar-refractivity contribution in [1.82, 2.24) is 4.90 Å². The van der Waals surface area contributed by atoms with Crippen LogP contribution in [0.1, 0.15) is 26.3 Å². The van der Waals surface area contributed by atoms with Crippen molar-refractivity contribution in [2.45, 2.75) is 48.9 Å². The maximum absolute atomic E-state index is 12.5. The summed E-state index contributed by atoms with van der Waals surface area (Å²) in [4.78, 5) is 30.1. The van der Waals surface area contributed by atoms with Crippen molar-refractivity contribution in [3.8, 4) is 0 Å². The van der Waals surface area contributed by atoms with Crippen LogP contribution in [0.15, 0.2) is 35.3 Å².